The Hall–Kier alpha value is -1.06. The summed E-state index contributed by atoms with van der Waals surface area (Å²) in [6.45, 7) is 2.82. The van der Waals surface area contributed by atoms with Crippen molar-refractivity contribution in [2.45, 2.75) is 25.5 Å². The molecule has 0 bridgehead atoms. The van der Waals surface area contributed by atoms with E-state index in [9.17, 15) is 0 Å². The summed E-state index contributed by atoms with van der Waals surface area (Å²) in [4.78, 5) is 6.70. The third kappa shape index (κ3) is 3.56. The van der Waals surface area contributed by atoms with Gasteiger partial charge in [-0.1, -0.05) is 0 Å². The van der Waals surface area contributed by atoms with Crippen molar-refractivity contribution in [2.24, 2.45) is 0 Å². The average Bonchev–Trinajstić information content (AvgIpc) is 2.98. The van der Waals surface area contributed by atoms with Gasteiger partial charge in [-0.2, -0.15) is 0 Å². The normalized spacial score (nSPS) is 17.2. The number of halogens is 1. The number of benzene rings is 1. The summed E-state index contributed by atoms with van der Waals surface area (Å²) in [7, 11) is 6.22. The van der Waals surface area contributed by atoms with Gasteiger partial charge >= 0.3 is 0 Å². The zero-order chi connectivity index (χ0) is 16.6. The monoisotopic (exact) mass is 429 g/mol. The maximum Gasteiger partial charge on any atom is 0.201 e. The lowest BCUT2D eigenvalue weighted by molar-refractivity contribution is 0.184. The number of hydrogen-bond donors (Lipinski definition) is 1. The molecule has 6 nitrogen and oxygen atoms in total. The third-order valence-corrected chi connectivity index (χ3v) is 4.62. The second kappa shape index (κ2) is 6.82. The molecular formula is C16H24IN5O. The highest BCUT2D eigenvalue weighted by atomic mass is 127. The van der Waals surface area contributed by atoms with Crippen LogP contribution in [0.4, 0.5) is 5.95 Å². The first-order valence-electron chi connectivity index (χ1n) is 7.91. The molecule has 0 unspecified atom stereocenters. The third-order valence-electron chi connectivity index (χ3n) is 4.14. The number of anilines is 1. The lowest BCUT2D eigenvalue weighted by Crippen LogP contribution is -2.29. The predicted octanol–water partition coefficient (Wildman–Crippen LogP) is 2.16. The fraction of sp³-hybridized carbons (Fsp3) is 0.562. The van der Waals surface area contributed by atoms with Crippen LogP contribution in [0.3, 0.4) is 0 Å². The number of likely N-dealkylation sites (N-methyl/N-ethyl adjacent to an activating group) is 1. The van der Waals surface area contributed by atoms with Crippen molar-refractivity contribution in [3.63, 3.8) is 0 Å². The van der Waals surface area contributed by atoms with Crippen molar-refractivity contribution in [3.8, 4) is 5.75 Å². The van der Waals surface area contributed by atoms with Crippen LogP contribution in [0.2, 0.25) is 0 Å². The molecule has 1 atom stereocenters. The van der Waals surface area contributed by atoms with Crippen molar-refractivity contribution in [1.82, 2.24) is 17.6 Å². The topological polar surface area (TPSA) is 59.6 Å². The van der Waals surface area contributed by atoms with Crippen LogP contribution >= 0.6 is 22.9 Å². The first kappa shape index (κ1) is 16.8. The number of nitrogens with two attached hydrogens (primary N) is 1. The zero-order valence-electron chi connectivity index (χ0n) is 13.9. The van der Waals surface area contributed by atoms with Gasteiger partial charge in [0.25, 0.3) is 0 Å². The second-order valence-corrected chi connectivity index (χ2v) is 8.07. The van der Waals surface area contributed by atoms with Gasteiger partial charge in [0.15, 0.2) is 0 Å². The van der Waals surface area contributed by atoms with Gasteiger partial charge in [0.1, 0.15) is 11.9 Å². The number of hydrogen-bond acceptors (Lipinski definition) is 5. The average molecular weight is 429 g/mol. The van der Waals surface area contributed by atoms with Gasteiger partial charge in [-0.15, -0.1) is 0 Å². The van der Waals surface area contributed by atoms with E-state index in [-0.39, 0.29) is 6.10 Å². The van der Waals surface area contributed by atoms with Gasteiger partial charge in [-0.25, -0.2) is 4.98 Å². The largest absolute Gasteiger partial charge is 0.488 e. The van der Waals surface area contributed by atoms with E-state index in [0.717, 1.165) is 49.3 Å². The molecule has 2 heterocycles. The lowest BCUT2D eigenvalue weighted by atomic mass is 10.1. The molecule has 126 valence electrons. The quantitative estimate of drug-likeness (QED) is 0.564. The molecule has 1 aliphatic rings. The van der Waals surface area contributed by atoms with Crippen LogP contribution in [-0.4, -0.2) is 57.9 Å². The SMILES string of the molecule is CN(C)C[C@H]1Cc2c(ccc3nc(N)n(CCCN(C)I)c23)O1. The molecule has 23 heavy (non-hydrogen) atoms. The first-order valence-corrected chi connectivity index (χ1v) is 8.88. The Kier molecular flexibility index (Phi) is 4.98. The Bertz CT molecular complexity index is 697. The van der Waals surface area contributed by atoms with E-state index in [4.69, 9.17) is 10.5 Å². The number of rotatable bonds is 6. The maximum atomic E-state index is 6.17. The Morgan fingerprint density at radius 1 is 1.39 bits per heavy atom. The summed E-state index contributed by atoms with van der Waals surface area (Å²) in [5.74, 6) is 1.58. The molecule has 0 fully saturated rings. The van der Waals surface area contributed by atoms with Crippen LogP contribution in [0, 0.1) is 0 Å². The molecule has 2 N–H and O–H groups in total. The zero-order valence-corrected chi connectivity index (χ0v) is 16.1. The van der Waals surface area contributed by atoms with Gasteiger partial charge in [0.2, 0.25) is 5.95 Å². The van der Waals surface area contributed by atoms with Crippen molar-refractivity contribution in [2.75, 3.05) is 40.0 Å². The molecule has 0 aliphatic carbocycles. The number of nitrogen functional groups attached to an aromatic ring is 1. The van der Waals surface area contributed by atoms with Crippen LogP contribution in [0.25, 0.3) is 11.0 Å². The minimum absolute atomic E-state index is 0.204. The number of fused-ring (bicyclic) bond motifs is 3. The molecule has 1 aromatic heterocycles. The summed E-state index contributed by atoms with van der Waals surface area (Å²) in [6.07, 6.45) is 2.17. The fourth-order valence-electron chi connectivity index (χ4n) is 3.23. The summed E-state index contributed by atoms with van der Waals surface area (Å²) in [5.41, 5.74) is 9.54. The van der Waals surface area contributed by atoms with Crippen LogP contribution in [0.1, 0.15) is 12.0 Å². The number of aryl methyl sites for hydroxylation is 1. The van der Waals surface area contributed by atoms with Gasteiger partial charge < -0.3 is 19.9 Å². The van der Waals surface area contributed by atoms with E-state index in [0.29, 0.717) is 5.95 Å². The van der Waals surface area contributed by atoms with E-state index in [1.54, 1.807) is 0 Å². The number of nitrogens with zero attached hydrogens (tertiary/aromatic N) is 4. The van der Waals surface area contributed by atoms with E-state index >= 15 is 0 Å². The van der Waals surface area contributed by atoms with Crippen molar-refractivity contribution < 1.29 is 4.74 Å². The summed E-state index contributed by atoms with van der Waals surface area (Å²) in [5, 5.41) is 0. The highest BCUT2D eigenvalue weighted by molar-refractivity contribution is 14.1. The smallest absolute Gasteiger partial charge is 0.201 e. The molecule has 2 aromatic rings. The molecule has 0 spiro atoms. The molecular weight excluding hydrogens is 405 g/mol. The van der Waals surface area contributed by atoms with Crippen LogP contribution in [0.15, 0.2) is 12.1 Å². The van der Waals surface area contributed by atoms with Crippen LogP contribution in [-0.2, 0) is 13.0 Å². The highest BCUT2D eigenvalue weighted by Gasteiger charge is 2.27. The van der Waals surface area contributed by atoms with Crippen LogP contribution < -0.4 is 10.5 Å². The van der Waals surface area contributed by atoms with E-state index < -0.39 is 0 Å². The Balaban J connectivity index is 1.90. The van der Waals surface area contributed by atoms with Gasteiger partial charge in [0, 0.05) is 54.5 Å². The number of aromatic nitrogens is 2. The Labute approximate surface area is 151 Å². The lowest BCUT2D eigenvalue weighted by Gasteiger charge is -2.15. The van der Waals surface area contributed by atoms with Crippen LogP contribution in [0.5, 0.6) is 5.75 Å². The number of ether oxygens (including phenoxy) is 1. The van der Waals surface area contributed by atoms with E-state index in [1.165, 1.54) is 5.56 Å². The summed E-state index contributed by atoms with van der Waals surface area (Å²) >= 11 is 2.31. The van der Waals surface area contributed by atoms with Gasteiger partial charge in [-0.3, -0.25) is 3.11 Å². The molecule has 0 radical (unpaired) electrons. The molecule has 0 amide bonds. The molecule has 0 saturated carbocycles. The Morgan fingerprint density at radius 2 is 2.17 bits per heavy atom. The van der Waals surface area contributed by atoms with E-state index in [2.05, 4.69) is 61.6 Å². The molecule has 1 aliphatic heterocycles. The molecule has 0 saturated heterocycles. The fourth-order valence-corrected chi connectivity index (χ4v) is 3.58. The first-order chi connectivity index (χ1) is 11.0. The number of imidazole rings is 1. The van der Waals surface area contributed by atoms with Gasteiger partial charge in [-0.05, 0) is 39.7 Å². The summed E-state index contributed by atoms with van der Waals surface area (Å²) in [6, 6.07) is 4.05. The standard InChI is InChI=1S/C16H24IN5O/c1-20(2)10-11-9-12-14(23-11)6-5-13-15(12)22(16(18)19-13)8-4-7-21(3)17/h5-6,11H,4,7-10H2,1-3H3,(H2,18,19)/t11-/m1/s1. The second-order valence-electron chi connectivity index (χ2n) is 6.42. The molecule has 3 rings (SSSR count). The summed E-state index contributed by atoms with van der Waals surface area (Å²) < 4.78 is 10.4. The minimum atomic E-state index is 0.204. The van der Waals surface area contributed by atoms with Gasteiger partial charge in [0.05, 0.1) is 11.0 Å². The Morgan fingerprint density at radius 3 is 2.87 bits per heavy atom. The highest BCUT2D eigenvalue weighted by Crippen LogP contribution is 2.36. The van der Waals surface area contributed by atoms with Crippen molar-refractivity contribution in [1.29, 1.82) is 0 Å². The van der Waals surface area contributed by atoms with Crippen molar-refractivity contribution >= 4 is 39.8 Å². The van der Waals surface area contributed by atoms with Crippen molar-refractivity contribution in [3.05, 3.63) is 17.7 Å². The predicted molar refractivity (Wildman–Crippen MR) is 102 cm³/mol. The molecule has 1 aromatic carbocycles. The minimum Gasteiger partial charge on any atom is -0.488 e. The molecule has 7 heteroatoms. The maximum absolute atomic E-state index is 6.17. The van der Waals surface area contributed by atoms with E-state index in [1.807, 2.05) is 12.1 Å².